The average Bonchev–Trinajstić information content (AvgIpc) is 2.67. The molecule has 4 rings (SSSR count). The van der Waals surface area contributed by atoms with Crippen molar-refractivity contribution < 1.29 is 39.9 Å². The lowest BCUT2D eigenvalue weighted by molar-refractivity contribution is -0.127. The molecule has 2 unspecified atom stereocenters. The SMILES string of the molecule is O=C1c2cccc(O)c2C(=O)c2c(O)c3c(c(O)c21)CC(C(=O)CO)CC3O. The summed E-state index contributed by atoms with van der Waals surface area (Å²) >= 11 is 0. The van der Waals surface area contributed by atoms with E-state index >= 15 is 0 Å². The van der Waals surface area contributed by atoms with Gasteiger partial charge in [0.2, 0.25) is 5.78 Å². The van der Waals surface area contributed by atoms with E-state index in [1.807, 2.05) is 0 Å². The zero-order valence-electron chi connectivity index (χ0n) is 14.5. The number of phenols is 3. The molecule has 0 spiro atoms. The zero-order chi connectivity index (χ0) is 20.3. The van der Waals surface area contributed by atoms with Crippen molar-refractivity contribution in [2.75, 3.05) is 6.61 Å². The third-order valence-electron chi connectivity index (χ3n) is 5.46. The molecule has 28 heavy (non-hydrogen) atoms. The van der Waals surface area contributed by atoms with Crippen molar-refractivity contribution in [1.82, 2.24) is 0 Å². The molecule has 0 aliphatic heterocycles. The van der Waals surface area contributed by atoms with E-state index in [9.17, 15) is 34.8 Å². The van der Waals surface area contributed by atoms with Gasteiger partial charge in [0.15, 0.2) is 11.6 Å². The molecule has 0 saturated carbocycles. The van der Waals surface area contributed by atoms with Gasteiger partial charge in [0, 0.05) is 22.6 Å². The Kier molecular flexibility index (Phi) is 3.99. The first-order valence-corrected chi connectivity index (χ1v) is 8.61. The second kappa shape index (κ2) is 6.15. The number of fused-ring (bicyclic) bond motifs is 3. The van der Waals surface area contributed by atoms with Gasteiger partial charge in [-0.3, -0.25) is 14.4 Å². The summed E-state index contributed by atoms with van der Waals surface area (Å²) in [5.41, 5.74) is -1.45. The van der Waals surface area contributed by atoms with Crippen molar-refractivity contribution in [3.63, 3.8) is 0 Å². The number of carbonyl (C=O) groups is 3. The summed E-state index contributed by atoms with van der Waals surface area (Å²) in [6.07, 6.45) is -1.59. The van der Waals surface area contributed by atoms with Crippen molar-refractivity contribution in [2.45, 2.75) is 18.9 Å². The zero-order valence-corrected chi connectivity index (χ0v) is 14.5. The first-order valence-electron chi connectivity index (χ1n) is 8.61. The second-order valence-corrected chi connectivity index (χ2v) is 6.97. The number of benzene rings is 2. The highest BCUT2D eigenvalue weighted by molar-refractivity contribution is 6.31. The minimum absolute atomic E-state index is 0.00782. The van der Waals surface area contributed by atoms with Gasteiger partial charge in [-0.1, -0.05) is 12.1 Å². The lowest BCUT2D eigenvalue weighted by Gasteiger charge is -2.31. The van der Waals surface area contributed by atoms with Crippen LogP contribution in [0.3, 0.4) is 0 Å². The van der Waals surface area contributed by atoms with Crippen LogP contribution in [0.2, 0.25) is 0 Å². The lowest BCUT2D eigenvalue weighted by atomic mass is 9.74. The Morgan fingerprint density at radius 1 is 1.00 bits per heavy atom. The number of aromatic hydroxyl groups is 3. The summed E-state index contributed by atoms with van der Waals surface area (Å²) in [4.78, 5) is 37.7. The molecule has 0 heterocycles. The largest absolute Gasteiger partial charge is 0.507 e. The molecular formula is C20H16O8. The molecule has 0 fully saturated rings. The van der Waals surface area contributed by atoms with Gasteiger partial charge in [0.1, 0.15) is 23.9 Å². The summed E-state index contributed by atoms with van der Waals surface area (Å²) in [5.74, 6) is -4.64. The number of hydrogen-bond donors (Lipinski definition) is 5. The van der Waals surface area contributed by atoms with Crippen molar-refractivity contribution in [3.8, 4) is 17.2 Å². The molecule has 144 valence electrons. The Morgan fingerprint density at radius 2 is 1.68 bits per heavy atom. The first-order chi connectivity index (χ1) is 13.3. The van der Waals surface area contributed by atoms with E-state index in [2.05, 4.69) is 0 Å². The van der Waals surface area contributed by atoms with Crippen molar-refractivity contribution >= 4 is 17.3 Å². The van der Waals surface area contributed by atoms with E-state index in [1.54, 1.807) is 0 Å². The van der Waals surface area contributed by atoms with Gasteiger partial charge in [-0.05, 0) is 18.9 Å². The van der Waals surface area contributed by atoms with Crippen LogP contribution in [0.5, 0.6) is 17.2 Å². The minimum atomic E-state index is -1.38. The molecule has 2 aromatic carbocycles. The van der Waals surface area contributed by atoms with Crippen LogP contribution < -0.4 is 0 Å². The molecule has 0 saturated heterocycles. The standard InChI is InChI=1S/C20H16O8/c21-6-12(24)7-4-9-14(11(23)5-7)20(28)16-15(18(9)26)17(25)8-2-1-3-10(22)13(8)19(16)27/h1-3,7,11,21-23,26,28H,4-6H2. The molecule has 2 aliphatic carbocycles. The molecule has 8 heteroatoms. The van der Waals surface area contributed by atoms with Crippen LogP contribution in [0.25, 0.3) is 0 Å². The Labute approximate surface area is 158 Å². The number of aliphatic hydroxyl groups excluding tert-OH is 2. The van der Waals surface area contributed by atoms with Crippen molar-refractivity contribution in [1.29, 1.82) is 0 Å². The van der Waals surface area contributed by atoms with Crippen molar-refractivity contribution in [2.24, 2.45) is 5.92 Å². The third kappa shape index (κ3) is 2.28. The predicted octanol–water partition coefficient (Wildman–Crippen LogP) is 0.736. The number of Topliss-reactive ketones (excluding diaryl/α,β-unsaturated/α-hetero) is 1. The maximum absolute atomic E-state index is 12.9. The van der Waals surface area contributed by atoms with Gasteiger partial charge in [-0.25, -0.2) is 0 Å². The quantitative estimate of drug-likeness (QED) is 0.406. The van der Waals surface area contributed by atoms with E-state index < -0.39 is 64.4 Å². The molecule has 5 N–H and O–H groups in total. The fraction of sp³-hybridized carbons (Fsp3) is 0.250. The molecule has 2 aliphatic rings. The van der Waals surface area contributed by atoms with E-state index in [4.69, 9.17) is 5.11 Å². The van der Waals surface area contributed by atoms with Gasteiger partial charge >= 0.3 is 0 Å². The predicted molar refractivity (Wildman–Crippen MR) is 93.6 cm³/mol. The topological polar surface area (TPSA) is 152 Å². The van der Waals surface area contributed by atoms with Crippen LogP contribution in [0.4, 0.5) is 0 Å². The molecule has 2 aromatic rings. The number of rotatable bonds is 2. The highest BCUT2D eigenvalue weighted by Gasteiger charge is 2.42. The molecule has 0 aromatic heterocycles. The van der Waals surface area contributed by atoms with Crippen LogP contribution in [-0.2, 0) is 11.2 Å². The van der Waals surface area contributed by atoms with Crippen LogP contribution >= 0.6 is 0 Å². The minimum Gasteiger partial charge on any atom is -0.507 e. The summed E-state index contributed by atoms with van der Waals surface area (Å²) in [6.45, 7) is -0.742. The van der Waals surface area contributed by atoms with E-state index in [-0.39, 0.29) is 35.1 Å². The Morgan fingerprint density at radius 3 is 2.36 bits per heavy atom. The van der Waals surface area contributed by atoms with Gasteiger partial charge in [0.25, 0.3) is 0 Å². The average molecular weight is 384 g/mol. The smallest absolute Gasteiger partial charge is 0.202 e. The van der Waals surface area contributed by atoms with Crippen LogP contribution in [0, 0.1) is 5.92 Å². The molecule has 0 radical (unpaired) electrons. The highest BCUT2D eigenvalue weighted by Crippen LogP contribution is 2.50. The van der Waals surface area contributed by atoms with E-state index in [0.29, 0.717) is 0 Å². The fourth-order valence-corrected chi connectivity index (χ4v) is 4.12. The third-order valence-corrected chi connectivity index (χ3v) is 5.46. The van der Waals surface area contributed by atoms with Gasteiger partial charge in [-0.2, -0.15) is 0 Å². The normalized spacial score (nSPS) is 20.4. The number of carbonyl (C=O) groups excluding carboxylic acids is 3. The van der Waals surface area contributed by atoms with Gasteiger partial charge < -0.3 is 25.5 Å². The maximum Gasteiger partial charge on any atom is 0.202 e. The molecule has 0 amide bonds. The van der Waals surface area contributed by atoms with Crippen LogP contribution in [-0.4, -0.2) is 49.5 Å². The van der Waals surface area contributed by atoms with Gasteiger partial charge in [0.05, 0.1) is 22.8 Å². The van der Waals surface area contributed by atoms with Gasteiger partial charge in [-0.15, -0.1) is 0 Å². The fourth-order valence-electron chi connectivity index (χ4n) is 4.12. The Balaban J connectivity index is 1.99. The van der Waals surface area contributed by atoms with Crippen LogP contribution in [0.1, 0.15) is 55.5 Å². The summed E-state index contributed by atoms with van der Waals surface area (Å²) in [5, 5.41) is 51.0. The monoisotopic (exact) mass is 384 g/mol. The Bertz CT molecular complexity index is 1070. The highest BCUT2D eigenvalue weighted by atomic mass is 16.3. The summed E-state index contributed by atoms with van der Waals surface area (Å²) in [7, 11) is 0. The molecule has 8 nitrogen and oxygen atoms in total. The summed E-state index contributed by atoms with van der Waals surface area (Å²) < 4.78 is 0. The second-order valence-electron chi connectivity index (χ2n) is 6.97. The first kappa shape index (κ1) is 18.1. The van der Waals surface area contributed by atoms with E-state index in [1.165, 1.54) is 18.2 Å². The number of phenolic OH excluding ortho intramolecular Hbond substituents is 3. The van der Waals surface area contributed by atoms with Crippen LogP contribution in [0.15, 0.2) is 18.2 Å². The van der Waals surface area contributed by atoms with E-state index in [0.717, 1.165) is 0 Å². The maximum atomic E-state index is 12.9. The Hall–Kier alpha value is -3.23. The lowest BCUT2D eigenvalue weighted by Crippen LogP contribution is -2.29. The van der Waals surface area contributed by atoms with Crippen molar-refractivity contribution in [3.05, 3.63) is 51.6 Å². The molecule has 0 bridgehead atoms. The summed E-state index contributed by atoms with van der Waals surface area (Å²) in [6, 6.07) is 3.92. The number of hydrogen-bond acceptors (Lipinski definition) is 8. The number of aliphatic hydroxyl groups is 2. The number of ketones is 3. The molecule has 2 atom stereocenters. The molecular weight excluding hydrogens is 368 g/mol.